The normalized spacial score (nSPS) is 11.2. The predicted octanol–water partition coefficient (Wildman–Crippen LogP) is 3.81. The summed E-state index contributed by atoms with van der Waals surface area (Å²) in [6.07, 6.45) is 0.319. The Hall–Kier alpha value is -2.83. The second kappa shape index (κ2) is 8.46. The molecule has 0 bridgehead atoms. The first-order valence-corrected chi connectivity index (χ1v) is 8.68. The van der Waals surface area contributed by atoms with E-state index >= 15 is 0 Å². The first-order valence-electron chi connectivity index (χ1n) is 8.68. The third-order valence-electron chi connectivity index (χ3n) is 4.28. The third-order valence-corrected chi connectivity index (χ3v) is 4.28. The number of hydrogen-bond acceptors (Lipinski definition) is 5. The molecule has 0 atom stereocenters. The summed E-state index contributed by atoms with van der Waals surface area (Å²) in [7, 11) is 2.66. The largest absolute Gasteiger partial charge is 0.496 e. The Balaban J connectivity index is 2.25. The van der Waals surface area contributed by atoms with Gasteiger partial charge in [0.2, 0.25) is 0 Å². The number of aromatic nitrogens is 1. The lowest BCUT2D eigenvalue weighted by Crippen LogP contribution is -2.15. The molecule has 0 saturated carbocycles. The van der Waals surface area contributed by atoms with E-state index in [0.717, 1.165) is 6.20 Å². The van der Waals surface area contributed by atoms with Crippen LogP contribution in [0.2, 0.25) is 0 Å². The number of rotatable bonds is 6. The molecule has 0 aliphatic carbocycles. The van der Waals surface area contributed by atoms with Gasteiger partial charge < -0.3 is 9.47 Å². The molecule has 0 N–H and O–H groups in total. The SMILES string of the molecule is COC(=O)c1cc(CC(=O)Cc2cc(OC)c(C(C)(C)C)cc2F)c(F)cn1. The summed E-state index contributed by atoms with van der Waals surface area (Å²) >= 11 is 0. The third kappa shape index (κ3) is 4.91. The van der Waals surface area contributed by atoms with Crippen molar-refractivity contribution in [2.45, 2.75) is 39.0 Å². The number of nitrogens with zero attached hydrogens (tertiary/aromatic N) is 1. The van der Waals surface area contributed by atoms with Crippen molar-refractivity contribution in [1.82, 2.24) is 4.98 Å². The molecule has 1 heterocycles. The van der Waals surface area contributed by atoms with Gasteiger partial charge in [-0.15, -0.1) is 0 Å². The molecule has 7 heteroatoms. The highest BCUT2D eigenvalue weighted by atomic mass is 19.1. The molecule has 0 fully saturated rings. The zero-order valence-electron chi connectivity index (χ0n) is 16.6. The fourth-order valence-corrected chi connectivity index (χ4v) is 2.81. The van der Waals surface area contributed by atoms with E-state index in [-0.39, 0.29) is 35.1 Å². The highest BCUT2D eigenvalue weighted by molar-refractivity contribution is 5.88. The maximum absolute atomic E-state index is 14.5. The highest BCUT2D eigenvalue weighted by Gasteiger charge is 2.23. The second-order valence-corrected chi connectivity index (χ2v) is 7.44. The van der Waals surface area contributed by atoms with Gasteiger partial charge in [-0.3, -0.25) is 4.79 Å². The van der Waals surface area contributed by atoms with E-state index in [4.69, 9.17) is 4.74 Å². The number of methoxy groups -OCH3 is 2. The van der Waals surface area contributed by atoms with Crippen molar-refractivity contribution in [2.24, 2.45) is 0 Å². The van der Waals surface area contributed by atoms with Gasteiger partial charge >= 0.3 is 5.97 Å². The Bertz CT molecular complexity index is 904. The number of carbonyl (C=O) groups is 2. The molecule has 0 radical (unpaired) electrons. The standard InChI is InChI=1S/C21H23F2NO4/c1-21(2,3)15-10-16(22)13(9-19(15)27-4)7-14(25)6-12-8-18(20(26)28-5)24-11-17(12)23/h8-11H,6-7H2,1-5H3. The zero-order valence-corrected chi connectivity index (χ0v) is 16.6. The topological polar surface area (TPSA) is 65.5 Å². The molecular weight excluding hydrogens is 368 g/mol. The van der Waals surface area contributed by atoms with E-state index in [0.29, 0.717) is 11.3 Å². The first-order chi connectivity index (χ1) is 13.1. The first kappa shape index (κ1) is 21.5. The van der Waals surface area contributed by atoms with Crippen molar-refractivity contribution < 1.29 is 27.8 Å². The minimum Gasteiger partial charge on any atom is -0.496 e. The summed E-state index contributed by atoms with van der Waals surface area (Å²) in [6, 6.07) is 4.03. The van der Waals surface area contributed by atoms with E-state index in [1.54, 1.807) is 0 Å². The van der Waals surface area contributed by atoms with Crippen LogP contribution in [0.1, 0.15) is 48.0 Å². The lowest BCUT2D eigenvalue weighted by Gasteiger charge is -2.23. The molecular formula is C21H23F2NO4. The molecule has 0 saturated heterocycles. The number of hydrogen-bond donors (Lipinski definition) is 0. The van der Waals surface area contributed by atoms with E-state index < -0.39 is 23.4 Å². The fraction of sp³-hybridized carbons (Fsp3) is 0.381. The minimum atomic E-state index is -0.734. The molecule has 2 rings (SSSR count). The number of ketones is 1. The van der Waals surface area contributed by atoms with Crippen LogP contribution in [0.15, 0.2) is 24.4 Å². The lowest BCUT2D eigenvalue weighted by molar-refractivity contribution is -0.117. The van der Waals surface area contributed by atoms with Crippen molar-refractivity contribution in [3.8, 4) is 5.75 Å². The van der Waals surface area contributed by atoms with Crippen LogP contribution < -0.4 is 4.74 Å². The van der Waals surface area contributed by atoms with Gasteiger partial charge in [-0.2, -0.15) is 0 Å². The fourth-order valence-electron chi connectivity index (χ4n) is 2.81. The van der Waals surface area contributed by atoms with Crippen molar-refractivity contribution in [3.05, 3.63) is 58.4 Å². The van der Waals surface area contributed by atoms with Crippen LogP contribution in [0.25, 0.3) is 0 Å². The van der Waals surface area contributed by atoms with Gasteiger partial charge in [0.05, 0.1) is 20.4 Å². The number of Topliss-reactive ketones (excluding diaryl/α,β-unsaturated/α-hetero) is 1. The summed E-state index contributed by atoms with van der Waals surface area (Å²) in [6.45, 7) is 5.79. The van der Waals surface area contributed by atoms with Crippen LogP contribution in [0, 0.1) is 11.6 Å². The van der Waals surface area contributed by atoms with Crippen LogP contribution in [0.3, 0.4) is 0 Å². The quantitative estimate of drug-likeness (QED) is 0.701. The summed E-state index contributed by atoms with van der Waals surface area (Å²) in [5, 5.41) is 0. The van der Waals surface area contributed by atoms with Gasteiger partial charge in [-0.1, -0.05) is 20.8 Å². The van der Waals surface area contributed by atoms with E-state index in [9.17, 15) is 18.4 Å². The summed E-state index contributed by atoms with van der Waals surface area (Å²) < 4.78 is 38.4. The molecule has 0 aliphatic heterocycles. The Kier molecular flexibility index (Phi) is 6.48. The minimum absolute atomic E-state index is 0.000847. The number of esters is 1. The molecule has 150 valence electrons. The van der Waals surface area contributed by atoms with E-state index in [2.05, 4.69) is 9.72 Å². The molecule has 2 aromatic rings. The molecule has 1 aromatic carbocycles. The van der Waals surface area contributed by atoms with Gasteiger partial charge in [0, 0.05) is 18.4 Å². The molecule has 28 heavy (non-hydrogen) atoms. The Morgan fingerprint density at radius 3 is 2.14 bits per heavy atom. The number of benzene rings is 1. The summed E-state index contributed by atoms with van der Waals surface area (Å²) in [5.41, 5.74) is 0.413. The number of carbonyl (C=O) groups excluding carboxylic acids is 2. The Morgan fingerprint density at radius 1 is 1.00 bits per heavy atom. The summed E-state index contributed by atoms with van der Waals surface area (Å²) in [5.74, 6) is -1.90. The van der Waals surface area contributed by atoms with Gasteiger partial charge in [0.25, 0.3) is 0 Å². The van der Waals surface area contributed by atoms with Crippen molar-refractivity contribution in [3.63, 3.8) is 0 Å². The van der Waals surface area contributed by atoms with Crippen LogP contribution in [-0.2, 0) is 27.8 Å². The monoisotopic (exact) mass is 391 g/mol. The molecule has 5 nitrogen and oxygen atoms in total. The highest BCUT2D eigenvalue weighted by Crippen LogP contribution is 2.33. The molecule has 0 amide bonds. The average Bonchev–Trinajstić information content (AvgIpc) is 2.63. The maximum atomic E-state index is 14.5. The number of pyridine rings is 1. The van der Waals surface area contributed by atoms with Crippen LogP contribution >= 0.6 is 0 Å². The van der Waals surface area contributed by atoms with Crippen molar-refractivity contribution >= 4 is 11.8 Å². The van der Waals surface area contributed by atoms with E-state index in [1.807, 2.05) is 20.8 Å². The second-order valence-electron chi connectivity index (χ2n) is 7.44. The van der Waals surface area contributed by atoms with Gasteiger partial charge in [0.1, 0.15) is 28.9 Å². The smallest absolute Gasteiger partial charge is 0.356 e. The van der Waals surface area contributed by atoms with Crippen LogP contribution in [0.4, 0.5) is 8.78 Å². The lowest BCUT2D eigenvalue weighted by atomic mass is 9.85. The molecule has 0 unspecified atom stereocenters. The summed E-state index contributed by atoms with van der Waals surface area (Å²) in [4.78, 5) is 27.6. The van der Waals surface area contributed by atoms with Gasteiger partial charge in [0.15, 0.2) is 0 Å². The van der Waals surface area contributed by atoms with Crippen molar-refractivity contribution in [1.29, 1.82) is 0 Å². The molecule has 1 aromatic heterocycles. The van der Waals surface area contributed by atoms with Crippen LogP contribution in [0.5, 0.6) is 5.75 Å². The molecule has 0 spiro atoms. The van der Waals surface area contributed by atoms with Crippen molar-refractivity contribution in [2.75, 3.05) is 14.2 Å². The van der Waals surface area contributed by atoms with E-state index in [1.165, 1.54) is 32.4 Å². The van der Waals surface area contributed by atoms with Gasteiger partial charge in [-0.05, 0) is 34.7 Å². The Morgan fingerprint density at radius 2 is 1.61 bits per heavy atom. The average molecular weight is 391 g/mol. The molecule has 0 aliphatic rings. The van der Waals surface area contributed by atoms with Crippen LogP contribution in [-0.4, -0.2) is 31.0 Å². The predicted molar refractivity (Wildman–Crippen MR) is 99.6 cm³/mol. The number of ether oxygens (including phenoxy) is 2. The Labute approximate surface area is 162 Å². The zero-order chi connectivity index (χ0) is 21.1. The van der Waals surface area contributed by atoms with Gasteiger partial charge in [-0.25, -0.2) is 18.6 Å². The number of halogens is 2. The maximum Gasteiger partial charge on any atom is 0.356 e.